The Morgan fingerprint density at radius 1 is 1.00 bits per heavy atom. The highest BCUT2D eigenvalue weighted by Gasteiger charge is 2.23. The molecule has 2 aliphatic heterocycles. The largest absolute Gasteiger partial charge is 0.384 e. The molecule has 0 saturated heterocycles. The summed E-state index contributed by atoms with van der Waals surface area (Å²) in [6, 6.07) is 17.7. The van der Waals surface area contributed by atoms with Crippen molar-refractivity contribution in [3.8, 4) is 0 Å². The van der Waals surface area contributed by atoms with Gasteiger partial charge < -0.3 is 5.32 Å². The predicted octanol–water partition coefficient (Wildman–Crippen LogP) is 3.64. The average Bonchev–Trinajstić information content (AvgIpc) is 2.96. The van der Waals surface area contributed by atoms with Gasteiger partial charge in [-0.25, -0.2) is 0 Å². The van der Waals surface area contributed by atoms with Gasteiger partial charge >= 0.3 is 0 Å². The van der Waals surface area contributed by atoms with Crippen LogP contribution in [0.2, 0.25) is 0 Å². The number of benzene rings is 2. The van der Waals surface area contributed by atoms with Crippen LogP contribution in [0.5, 0.6) is 0 Å². The van der Waals surface area contributed by atoms with Crippen LogP contribution in [0.3, 0.4) is 0 Å². The summed E-state index contributed by atoms with van der Waals surface area (Å²) in [5.41, 5.74) is 5.91. The summed E-state index contributed by atoms with van der Waals surface area (Å²) in [5, 5.41) is 3.54. The van der Waals surface area contributed by atoms with E-state index in [1.54, 1.807) is 5.56 Å². The molecule has 4 rings (SSSR count). The maximum absolute atomic E-state index is 3.54. The van der Waals surface area contributed by atoms with Crippen molar-refractivity contribution in [2.24, 2.45) is 0 Å². The van der Waals surface area contributed by atoms with Gasteiger partial charge in [0.2, 0.25) is 0 Å². The number of nitrogens with one attached hydrogen (secondary N) is 1. The fourth-order valence-corrected chi connectivity index (χ4v) is 3.70. The van der Waals surface area contributed by atoms with Crippen LogP contribution in [-0.2, 0) is 13.0 Å². The number of hydrogen-bond acceptors (Lipinski definition) is 2. The summed E-state index contributed by atoms with van der Waals surface area (Å²) >= 11 is 0. The smallest absolute Gasteiger partial charge is 0.0376 e. The molecule has 0 amide bonds. The van der Waals surface area contributed by atoms with Crippen molar-refractivity contribution in [2.75, 3.05) is 25.0 Å². The van der Waals surface area contributed by atoms with Crippen LogP contribution in [-0.4, -0.2) is 24.5 Å². The molecule has 2 heterocycles. The van der Waals surface area contributed by atoms with Gasteiger partial charge in [-0.2, -0.15) is 0 Å². The summed E-state index contributed by atoms with van der Waals surface area (Å²) in [6.07, 6.45) is 2.46. The SMILES string of the molecule is c1ccc2c(c1)CCN(CCC1CNc3ccccc31)C2. The van der Waals surface area contributed by atoms with E-state index >= 15 is 0 Å². The molecule has 2 nitrogen and oxygen atoms in total. The van der Waals surface area contributed by atoms with E-state index in [1.807, 2.05) is 0 Å². The molecule has 0 radical (unpaired) electrons. The minimum atomic E-state index is 0.679. The van der Waals surface area contributed by atoms with Crippen molar-refractivity contribution >= 4 is 5.69 Å². The highest BCUT2D eigenvalue weighted by Crippen LogP contribution is 2.33. The molecule has 0 saturated carbocycles. The Labute approximate surface area is 126 Å². The van der Waals surface area contributed by atoms with E-state index in [4.69, 9.17) is 0 Å². The zero-order valence-corrected chi connectivity index (χ0v) is 12.4. The summed E-state index contributed by atoms with van der Waals surface area (Å²) < 4.78 is 0. The molecule has 2 aliphatic rings. The van der Waals surface area contributed by atoms with Crippen molar-refractivity contribution in [1.82, 2.24) is 4.90 Å². The van der Waals surface area contributed by atoms with Gasteiger partial charge in [0.1, 0.15) is 0 Å². The van der Waals surface area contributed by atoms with Gasteiger partial charge in [-0.15, -0.1) is 0 Å². The summed E-state index contributed by atoms with van der Waals surface area (Å²) in [5.74, 6) is 0.679. The Morgan fingerprint density at radius 2 is 1.81 bits per heavy atom. The summed E-state index contributed by atoms with van der Waals surface area (Å²) in [6.45, 7) is 4.63. The lowest BCUT2D eigenvalue weighted by atomic mass is 9.96. The molecule has 1 unspecified atom stereocenters. The topological polar surface area (TPSA) is 15.3 Å². The second kappa shape index (κ2) is 5.53. The first kappa shape index (κ1) is 12.9. The van der Waals surface area contributed by atoms with Crippen LogP contribution in [0.15, 0.2) is 48.5 Å². The summed E-state index contributed by atoms with van der Waals surface area (Å²) in [7, 11) is 0. The number of hydrogen-bond donors (Lipinski definition) is 1. The maximum atomic E-state index is 3.54. The Kier molecular flexibility index (Phi) is 3.40. The van der Waals surface area contributed by atoms with Crippen molar-refractivity contribution in [3.63, 3.8) is 0 Å². The average molecular weight is 278 g/mol. The van der Waals surface area contributed by atoms with E-state index in [9.17, 15) is 0 Å². The van der Waals surface area contributed by atoms with E-state index in [1.165, 1.54) is 42.7 Å². The van der Waals surface area contributed by atoms with Crippen molar-refractivity contribution in [1.29, 1.82) is 0 Å². The molecule has 1 N–H and O–H groups in total. The van der Waals surface area contributed by atoms with Gasteiger partial charge in [0, 0.05) is 31.2 Å². The van der Waals surface area contributed by atoms with E-state index in [0.29, 0.717) is 5.92 Å². The normalized spacial score (nSPS) is 20.7. The second-order valence-electron chi connectivity index (χ2n) is 6.25. The number of rotatable bonds is 3. The molecule has 2 heteroatoms. The van der Waals surface area contributed by atoms with Gasteiger partial charge in [-0.05, 0) is 42.1 Å². The van der Waals surface area contributed by atoms with Crippen LogP contribution in [0, 0.1) is 0 Å². The van der Waals surface area contributed by atoms with Gasteiger partial charge in [-0.3, -0.25) is 4.90 Å². The van der Waals surface area contributed by atoms with E-state index in [0.717, 1.165) is 13.1 Å². The highest BCUT2D eigenvalue weighted by atomic mass is 15.1. The monoisotopic (exact) mass is 278 g/mol. The summed E-state index contributed by atoms with van der Waals surface area (Å²) in [4.78, 5) is 2.61. The molecular formula is C19H22N2. The molecule has 1 atom stereocenters. The predicted molar refractivity (Wildman–Crippen MR) is 87.7 cm³/mol. The molecule has 0 aliphatic carbocycles. The van der Waals surface area contributed by atoms with Crippen LogP contribution >= 0.6 is 0 Å². The molecule has 2 aromatic rings. The van der Waals surface area contributed by atoms with Crippen molar-refractivity contribution in [3.05, 3.63) is 65.2 Å². The number of nitrogens with zero attached hydrogens (tertiary/aromatic N) is 1. The third kappa shape index (κ3) is 2.56. The van der Waals surface area contributed by atoms with Gasteiger partial charge in [0.15, 0.2) is 0 Å². The highest BCUT2D eigenvalue weighted by molar-refractivity contribution is 5.57. The molecule has 0 fully saturated rings. The minimum Gasteiger partial charge on any atom is -0.384 e. The van der Waals surface area contributed by atoms with E-state index in [-0.39, 0.29) is 0 Å². The Hall–Kier alpha value is -1.80. The van der Waals surface area contributed by atoms with Crippen LogP contribution in [0.4, 0.5) is 5.69 Å². The zero-order chi connectivity index (χ0) is 14.1. The lowest BCUT2D eigenvalue weighted by Crippen LogP contribution is -2.32. The van der Waals surface area contributed by atoms with E-state index in [2.05, 4.69) is 58.7 Å². The molecule has 21 heavy (non-hydrogen) atoms. The third-order valence-corrected chi connectivity index (χ3v) is 4.94. The maximum Gasteiger partial charge on any atom is 0.0376 e. The lowest BCUT2D eigenvalue weighted by molar-refractivity contribution is 0.245. The first-order valence-electron chi connectivity index (χ1n) is 8.02. The van der Waals surface area contributed by atoms with Gasteiger partial charge in [0.05, 0.1) is 0 Å². The molecule has 2 aromatic carbocycles. The quantitative estimate of drug-likeness (QED) is 0.922. The number of anilines is 1. The fraction of sp³-hybridized carbons (Fsp3) is 0.368. The first-order chi connectivity index (χ1) is 10.4. The van der Waals surface area contributed by atoms with Gasteiger partial charge in [-0.1, -0.05) is 42.5 Å². The molecule has 0 bridgehead atoms. The van der Waals surface area contributed by atoms with Gasteiger partial charge in [0.25, 0.3) is 0 Å². The molecule has 0 aromatic heterocycles. The number of fused-ring (bicyclic) bond motifs is 2. The molecular weight excluding hydrogens is 256 g/mol. The van der Waals surface area contributed by atoms with Crippen LogP contribution < -0.4 is 5.32 Å². The molecule has 0 spiro atoms. The van der Waals surface area contributed by atoms with Crippen molar-refractivity contribution in [2.45, 2.75) is 25.3 Å². The zero-order valence-electron chi connectivity index (χ0n) is 12.4. The Balaban J connectivity index is 1.39. The minimum absolute atomic E-state index is 0.679. The van der Waals surface area contributed by atoms with Crippen LogP contribution in [0.1, 0.15) is 29.0 Å². The Bertz CT molecular complexity index is 635. The second-order valence-corrected chi connectivity index (χ2v) is 6.25. The first-order valence-corrected chi connectivity index (χ1v) is 8.02. The molecule has 108 valence electrons. The fourth-order valence-electron chi connectivity index (χ4n) is 3.70. The standard InChI is InChI=1S/C19H22N2/c1-2-6-17-14-21(11-9-15(17)5-1)12-10-16-13-20-19-8-4-3-7-18(16)19/h1-8,16,20H,9-14H2. The van der Waals surface area contributed by atoms with Crippen LogP contribution in [0.25, 0.3) is 0 Å². The van der Waals surface area contributed by atoms with E-state index < -0.39 is 0 Å². The lowest BCUT2D eigenvalue weighted by Gasteiger charge is -2.29. The Morgan fingerprint density at radius 3 is 2.76 bits per heavy atom. The number of para-hydroxylation sites is 1. The third-order valence-electron chi connectivity index (χ3n) is 4.94. The van der Waals surface area contributed by atoms with Crippen molar-refractivity contribution < 1.29 is 0 Å².